The van der Waals surface area contributed by atoms with Crippen molar-refractivity contribution >= 4 is 23.1 Å². The standard InChI is InChI=1S/C13H21N3OS/c1-4-16(5-2)10-7-17-12-9(14)6-8(3)11(15)13(12)18-10/h6,10H,4-5,7,14-15H2,1-3H3. The first-order valence-electron chi connectivity index (χ1n) is 6.30. The zero-order valence-electron chi connectivity index (χ0n) is 11.2. The van der Waals surface area contributed by atoms with Gasteiger partial charge in [0.05, 0.1) is 21.6 Å². The second kappa shape index (κ2) is 5.28. The van der Waals surface area contributed by atoms with Crippen molar-refractivity contribution in [2.75, 3.05) is 31.2 Å². The summed E-state index contributed by atoms with van der Waals surface area (Å²) in [6.07, 6.45) is 0. The molecule has 1 unspecified atom stereocenters. The number of anilines is 2. The lowest BCUT2D eigenvalue weighted by Crippen LogP contribution is -2.38. The minimum Gasteiger partial charge on any atom is -0.488 e. The first-order valence-corrected chi connectivity index (χ1v) is 7.18. The number of aryl methyl sites for hydroxylation is 1. The van der Waals surface area contributed by atoms with Crippen LogP contribution in [0.4, 0.5) is 11.4 Å². The van der Waals surface area contributed by atoms with Crippen molar-refractivity contribution in [3.63, 3.8) is 0 Å². The first-order chi connectivity index (χ1) is 8.58. The van der Waals surface area contributed by atoms with Crippen molar-refractivity contribution in [1.82, 2.24) is 4.90 Å². The number of thioether (sulfide) groups is 1. The summed E-state index contributed by atoms with van der Waals surface area (Å²) in [6.45, 7) is 8.98. The maximum atomic E-state index is 6.14. The number of ether oxygens (including phenoxy) is 1. The van der Waals surface area contributed by atoms with Crippen LogP contribution in [0, 0.1) is 6.92 Å². The molecule has 1 aromatic carbocycles. The summed E-state index contributed by atoms with van der Waals surface area (Å²) in [6, 6.07) is 1.88. The third-order valence-electron chi connectivity index (χ3n) is 3.35. The molecule has 100 valence electrons. The van der Waals surface area contributed by atoms with Crippen LogP contribution in [0.15, 0.2) is 11.0 Å². The van der Waals surface area contributed by atoms with Gasteiger partial charge < -0.3 is 16.2 Å². The zero-order chi connectivity index (χ0) is 13.3. The summed E-state index contributed by atoms with van der Waals surface area (Å²) in [5.74, 6) is 0.756. The molecule has 0 saturated heterocycles. The third kappa shape index (κ3) is 2.24. The number of hydrogen-bond acceptors (Lipinski definition) is 5. The molecule has 1 aromatic rings. The fraction of sp³-hybridized carbons (Fsp3) is 0.538. The Hall–Kier alpha value is -1.07. The van der Waals surface area contributed by atoms with Crippen LogP contribution in [0.5, 0.6) is 5.75 Å². The van der Waals surface area contributed by atoms with Crippen LogP contribution in [-0.2, 0) is 0 Å². The molecule has 1 aliphatic heterocycles. The molecular formula is C13H21N3OS. The largest absolute Gasteiger partial charge is 0.488 e. The van der Waals surface area contributed by atoms with Gasteiger partial charge in [0.15, 0.2) is 5.75 Å². The van der Waals surface area contributed by atoms with Crippen LogP contribution in [-0.4, -0.2) is 30.0 Å². The van der Waals surface area contributed by atoms with Crippen molar-refractivity contribution < 1.29 is 4.74 Å². The Balaban J connectivity index is 2.33. The third-order valence-corrected chi connectivity index (χ3v) is 4.70. The normalized spacial score (nSPS) is 18.6. The molecule has 4 N–H and O–H groups in total. The van der Waals surface area contributed by atoms with E-state index >= 15 is 0 Å². The molecule has 18 heavy (non-hydrogen) atoms. The lowest BCUT2D eigenvalue weighted by molar-refractivity contribution is 0.193. The maximum absolute atomic E-state index is 6.14. The number of likely N-dealkylation sites (N-methyl/N-ethyl adjacent to an activating group) is 1. The zero-order valence-corrected chi connectivity index (χ0v) is 12.0. The molecule has 1 aliphatic rings. The summed E-state index contributed by atoms with van der Waals surface area (Å²) < 4.78 is 5.82. The van der Waals surface area contributed by atoms with E-state index in [2.05, 4.69) is 18.7 Å². The monoisotopic (exact) mass is 267 g/mol. The van der Waals surface area contributed by atoms with E-state index in [1.165, 1.54) is 0 Å². The molecule has 0 fully saturated rings. The van der Waals surface area contributed by atoms with Gasteiger partial charge in [0, 0.05) is 0 Å². The molecule has 0 bridgehead atoms. The highest BCUT2D eigenvalue weighted by Gasteiger charge is 2.28. The van der Waals surface area contributed by atoms with Crippen molar-refractivity contribution in [3.8, 4) is 5.75 Å². The fourth-order valence-electron chi connectivity index (χ4n) is 2.21. The Morgan fingerprint density at radius 3 is 2.67 bits per heavy atom. The molecule has 0 spiro atoms. The van der Waals surface area contributed by atoms with Crippen LogP contribution >= 0.6 is 11.8 Å². The van der Waals surface area contributed by atoms with Gasteiger partial charge in [0.1, 0.15) is 6.61 Å². The Morgan fingerprint density at radius 1 is 1.39 bits per heavy atom. The van der Waals surface area contributed by atoms with E-state index < -0.39 is 0 Å². The van der Waals surface area contributed by atoms with Crippen LogP contribution in [0.2, 0.25) is 0 Å². The van der Waals surface area contributed by atoms with Gasteiger partial charge in [-0.15, -0.1) is 0 Å². The van der Waals surface area contributed by atoms with E-state index in [0.717, 1.165) is 35.0 Å². The van der Waals surface area contributed by atoms with Gasteiger partial charge in [-0.3, -0.25) is 4.90 Å². The summed E-state index contributed by atoms with van der Waals surface area (Å²) in [5.41, 5.74) is 14.6. The predicted octanol–water partition coefficient (Wildman–Crippen LogP) is 2.31. The highest BCUT2D eigenvalue weighted by molar-refractivity contribution is 8.00. The van der Waals surface area contributed by atoms with E-state index in [4.69, 9.17) is 16.2 Å². The van der Waals surface area contributed by atoms with Gasteiger partial charge in [0.2, 0.25) is 0 Å². The molecule has 0 amide bonds. The van der Waals surface area contributed by atoms with E-state index in [9.17, 15) is 0 Å². The minimum absolute atomic E-state index is 0.316. The number of benzene rings is 1. The number of rotatable bonds is 3. The SMILES string of the molecule is CCN(CC)C1COc2c(N)cc(C)c(N)c2S1. The Bertz CT molecular complexity index is 446. The van der Waals surface area contributed by atoms with Crippen LogP contribution < -0.4 is 16.2 Å². The molecule has 2 rings (SSSR count). The Kier molecular flexibility index (Phi) is 3.92. The Morgan fingerprint density at radius 2 is 2.06 bits per heavy atom. The number of nitrogens with zero attached hydrogens (tertiary/aromatic N) is 1. The second-order valence-corrected chi connectivity index (χ2v) is 5.65. The molecule has 0 aromatic heterocycles. The van der Waals surface area contributed by atoms with Gasteiger partial charge in [-0.1, -0.05) is 25.6 Å². The van der Waals surface area contributed by atoms with Gasteiger partial charge >= 0.3 is 0 Å². The molecule has 1 heterocycles. The van der Waals surface area contributed by atoms with Gasteiger partial charge in [-0.05, 0) is 31.6 Å². The number of nitrogen functional groups attached to an aromatic ring is 2. The summed E-state index contributed by atoms with van der Waals surface area (Å²) in [7, 11) is 0. The van der Waals surface area contributed by atoms with Crippen LogP contribution in [0.25, 0.3) is 0 Å². The van der Waals surface area contributed by atoms with Gasteiger partial charge in [0.25, 0.3) is 0 Å². The number of fused-ring (bicyclic) bond motifs is 1. The summed E-state index contributed by atoms with van der Waals surface area (Å²) in [4.78, 5) is 3.36. The van der Waals surface area contributed by atoms with Crippen molar-refractivity contribution in [3.05, 3.63) is 11.6 Å². The van der Waals surface area contributed by atoms with Crippen LogP contribution in [0.3, 0.4) is 0 Å². The maximum Gasteiger partial charge on any atom is 0.158 e. The van der Waals surface area contributed by atoms with Crippen molar-refractivity contribution in [2.24, 2.45) is 0 Å². The molecule has 0 radical (unpaired) electrons. The number of nitrogens with two attached hydrogens (primary N) is 2. The average Bonchev–Trinajstić information content (AvgIpc) is 2.37. The smallest absolute Gasteiger partial charge is 0.158 e. The molecule has 0 aliphatic carbocycles. The predicted molar refractivity (Wildman–Crippen MR) is 78.1 cm³/mol. The second-order valence-electron chi connectivity index (χ2n) is 4.46. The Labute approximate surface area is 113 Å². The lowest BCUT2D eigenvalue weighted by Gasteiger charge is -2.34. The summed E-state index contributed by atoms with van der Waals surface area (Å²) in [5, 5.41) is 0.316. The molecular weight excluding hydrogens is 246 g/mol. The number of hydrogen-bond donors (Lipinski definition) is 2. The van der Waals surface area contributed by atoms with Gasteiger partial charge in [-0.2, -0.15) is 0 Å². The highest BCUT2D eigenvalue weighted by Crippen LogP contribution is 2.46. The quantitative estimate of drug-likeness (QED) is 0.823. The summed E-state index contributed by atoms with van der Waals surface area (Å²) >= 11 is 1.77. The molecule has 4 nitrogen and oxygen atoms in total. The molecule has 0 saturated carbocycles. The van der Waals surface area contributed by atoms with E-state index in [-0.39, 0.29) is 0 Å². The first kappa shape index (κ1) is 13.4. The van der Waals surface area contributed by atoms with Crippen molar-refractivity contribution in [1.29, 1.82) is 0 Å². The minimum atomic E-state index is 0.316. The topological polar surface area (TPSA) is 64.5 Å². The lowest BCUT2D eigenvalue weighted by atomic mass is 10.1. The van der Waals surface area contributed by atoms with E-state index in [1.807, 2.05) is 13.0 Å². The highest BCUT2D eigenvalue weighted by atomic mass is 32.2. The van der Waals surface area contributed by atoms with E-state index in [1.54, 1.807) is 11.8 Å². The molecule has 1 atom stereocenters. The van der Waals surface area contributed by atoms with Gasteiger partial charge in [-0.25, -0.2) is 0 Å². The average molecular weight is 267 g/mol. The van der Waals surface area contributed by atoms with Crippen molar-refractivity contribution in [2.45, 2.75) is 31.0 Å². The fourth-order valence-corrected chi connectivity index (χ4v) is 3.64. The van der Waals surface area contributed by atoms with Crippen LogP contribution in [0.1, 0.15) is 19.4 Å². The van der Waals surface area contributed by atoms with E-state index in [0.29, 0.717) is 17.7 Å². The molecule has 5 heteroatoms.